The van der Waals surface area contributed by atoms with Crippen LogP contribution in [-0.4, -0.2) is 39.8 Å². The summed E-state index contributed by atoms with van der Waals surface area (Å²) in [6.45, 7) is 1.49. The molecule has 29 heavy (non-hydrogen) atoms. The van der Waals surface area contributed by atoms with Crippen LogP contribution in [0.1, 0.15) is 24.1 Å². The van der Waals surface area contributed by atoms with Crippen molar-refractivity contribution in [2.24, 2.45) is 0 Å². The number of amides is 1. The molecule has 0 aliphatic rings. The lowest BCUT2D eigenvalue weighted by Gasteiger charge is -2.14. The van der Waals surface area contributed by atoms with Crippen LogP contribution in [0.15, 0.2) is 48.5 Å². The van der Waals surface area contributed by atoms with E-state index in [9.17, 15) is 9.59 Å². The van der Waals surface area contributed by atoms with Gasteiger partial charge in [-0.15, -0.1) is 0 Å². The van der Waals surface area contributed by atoms with E-state index in [4.69, 9.17) is 18.9 Å². The number of benzene rings is 2. The van der Waals surface area contributed by atoms with Crippen LogP contribution < -0.4 is 19.5 Å². The number of methoxy groups -OCH3 is 3. The third-order valence-electron chi connectivity index (χ3n) is 4.16. The number of rotatable bonds is 9. The molecular formula is C22H25NO6. The van der Waals surface area contributed by atoms with Crippen LogP contribution in [0.5, 0.6) is 17.2 Å². The van der Waals surface area contributed by atoms with Crippen molar-refractivity contribution >= 4 is 18.0 Å². The fraction of sp³-hybridized carbons (Fsp3) is 0.273. The van der Waals surface area contributed by atoms with E-state index in [2.05, 4.69) is 5.32 Å². The van der Waals surface area contributed by atoms with Crippen LogP contribution in [0.3, 0.4) is 0 Å². The molecule has 7 nitrogen and oxygen atoms in total. The Morgan fingerprint density at radius 2 is 1.59 bits per heavy atom. The van der Waals surface area contributed by atoms with Gasteiger partial charge < -0.3 is 24.3 Å². The third-order valence-corrected chi connectivity index (χ3v) is 4.16. The van der Waals surface area contributed by atoms with Gasteiger partial charge >= 0.3 is 5.97 Å². The molecule has 0 heterocycles. The van der Waals surface area contributed by atoms with Gasteiger partial charge in [-0.05, 0) is 24.6 Å². The second-order valence-electron chi connectivity index (χ2n) is 6.09. The summed E-state index contributed by atoms with van der Waals surface area (Å²) in [5, 5.41) is 2.78. The molecule has 0 unspecified atom stereocenters. The topological polar surface area (TPSA) is 83.1 Å². The standard InChI is InChI=1S/C22H25NO6/c1-15(16-8-6-5-7-9-16)23-21(24)14-29-22(25)11-10-17-12-19(27-3)20(28-4)13-18(17)26-2/h5-13,15H,14H2,1-4H3,(H,23,24)/b11-10+/t15-/m0/s1. The van der Waals surface area contributed by atoms with Crippen molar-refractivity contribution in [1.29, 1.82) is 0 Å². The minimum absolute atomic E-state index is 0.186. The molecule has 0 saturated carbocycles. The van der Waals surface area contributed by atoms with E-state index in [1.54, 1.807) is 12.1 Å². The van der Waals surface area contributed by atoms with Crippen LogP contribution in [-0.2, 0) is 14.3 Å². The summed E-state index contributed by atoms with van der Waals surface area (Å²) in [6.07, 6.45) is 2.74. The van der Waals surface area contributed by atoms with E-state index < -0.39 is 5.97 Å². The fourth-order valence-corrected chi connectivity index (χ4v) is 2.63. The van der Waals surface area contributed by atoms with Crippen LogP contribution >= 0.6 is 0 Å². The Morgan fingerprint density at radius 3 is 2.21 bits per heavy atom. The van der Waals surface area contributed by atoms with E-state index in [0.29, 0.717) is 22.8 Å². The summed E-state index contributed by atoms with van der Waals surface area (Å²) < 4.78 is 20.8. The molecule has 0 aromatic heterocycles. The molecule has 0 aliphatic carbocycles. The summed E-state index contributed by atoms with van der Waals surface area (Å²) in [5.74, 6) is 0.473. The van der Waals surface area contributed by atoms with E-state index in [0.717, 1.165) is 5.56 Å². The number of carbonyl (C=O) groups is 2. The minimum Gasteiger partial charge on any atom is -0.496 e. The van der Waals surface area contributed by atoms with Crippen LogP contribution in [0.25, 0.3) is 6.08 Å². The predicted octanol–water partition coefficient (Wildman–Crippen LogP) is 3.15. The molecule has 0 aliphatic heterocycles. The molecule has 0 fully saturated rings. The van der Waals surface area contributed by atoms with Gasteiger partial charge in [0.15, 0.2) is 18.1 Å². The summed E-state index contributed by atoms with van der Waals surface area (Å²) in [6, 6.07) is 12.7. The van der Waals surface area contributed by atoms with Gasteiger partial charge in [-0.25, -0.2) is 4.79 Å². The van der Waals surface area contributed by atoms with Crippen molar-refractivity contribution < 1.29 is 28.5 Å². The fourth-order valence-electron chi connectivity index (χ4n) is 2.63. The number of nitrogens with one attached hydrogen (secondary N) is 1. The SMILES string of the molecule is COc1cc(OC)c(OC)cc1/C=C/C(=O)OCC(=O)N[C@@H](C)c1ccccc1. The number of hydrogen-bond acceptors (Lipinski definition) is 6. The van der Waals surface area contributed by atoms with E-state index in [1.165, 1.54) is 33.5 Å². The third kappa shape index (κ3) is 6.27. The lowest BCUT2D eigenvalue weighted by atomic mass is 10.1. The normalized spacial score (nSPS) is 11.6. The van der Waals surface area contributed by atoms with Crippen LogP contribution in [0.4, 0.5) is 0 Å². The molecule has 1 amide bonds. The lowest BCUT2D eigenvalue weighted by molar-refractivity contribution is -0.144. The zero-order valence-corrected chi connectivity index (χ0v) is 16.9. The molecule has 0 spiro atoms. The van der Waals surface area contributed by atoms with Crippen molar-refractivity contribution in [3.05, 3.63) is 59.7 Å². The summed E-state index contributed by atoms with van der Waals surface area (Å²) >= 11 is 0. The van der Waals surface area contributed by atoms with Crippen molar-refractivity contribution in [3.8, 4) is 17.2 Å². The van der Waals surface area contributed by atoms with Gasteiger partial charge in [0.25, 0.3) is 5.91 Å². The quantitative estimate of drug-likeness (QED) is 0.515. The van der Waals surface area contributed by atoms with Crippen molar-refractivity contribution in [2.75, 3.05) is 27.9 Å². The molecule has 0 bridgehead atoms. The Kier molecular flexibility index (Phi) is 8.09. The highest BCUT2D eigenvalue weighted by molar-refractivity contribution is 5.90. The number of esters is 1. The minimum atomic E-state index is -0.649. The van der Waals surface area contributed by atoms with Gasteiger partial charge in [0.1, 0.15) is 5.75 Å². The van der Waals surface area contributed by atoms with Crippen molar-refractivity contribution in [1.82, 2.24) is 5.32 Å². The smallest absolute Gasteiger partial charge is 0.331 e. The van der Waals surface area contributed by atoms with Crippen molar-refractivity contribution in [2.45, 2.75) is 13.0 Å². The van der Waals surface area contributed by atoms with Gasteiger partial charge in [-0.2, -0.15) is 0 Å². The van der Waals surface area contributed by atoms with E-state index >= 15 is 0 Å². The highest BCUT2D eigenvalue weighted by Gasteiger charge is 2.12. The Bertz CT molecular complexity index is 863. The number of hydrogen-bond donors (Lipinski definition) is 1. The highest BCUT2D eigenvalue weighted by atomic mass is 16.5. The van der Waals surface area contributed by atoms with Crippen LogP contribution in [0.2, 0.25) is 0 Å². The largest absolute Gasteiger partial charge is 0.496 e. The first kappa shape index (κ1) is 21.8. The average Bonchev–Trinajstić information content (AvgIpc) is 2.76. The molecule has 1 N–H and O–H groups in total. The second kappa shape index (κ2) is 10.8. The Hall–Kier alpha value is -3.48. The van der Waals surface area contributed by atoms with Gasteiger partial charge in [-0.1, -0.05) is 30.3 Å². The lowest BCUT2D eigenvalue weighted by Crippen LogP contribution is -2.30. The summed E-state index contributed by atoms with van der Waals surface area (Å²) in [5.41, 5.74) is 1.57. The maximum absolute atomic E-state index is 12.0. The number of carbonyl (C=O) groups excluding carboxylic acids is 2. The Morgan fingerprint density at radius 1 is 0.966 bits per heavy atom. The first-order valence-corrected chi connectivity index (χ1v) is 8.97. The molecule has 2 aromatic carbocycles. The van der Waals surface area contributed by atoms with Gasteiger partial charge in [0.05, 0.1) is 27.4 Å². The molecule has 0 radical (unpaired) electrons. The molecule has 1 atom stereocenters. The first-order chi connectivity index (χ1) is 14.0. The Balaban J connectivity index is 1.93. The zero-order valence-electron chi connectivity index (χ0n) is 16.9. The second-order valence-corrected chi connectivity index (χ2v) is 6.09. The van der Waals surface area contributed by atoms with Gasteiger partial charge in [0, 0.05) is 17.7 Å². The maximum Gasteiger partial charge on any atom is 0.331 e. The molecule has 0 saturated heterocycles. The molecule has 154 valence electrons. The molecule has 2 aromatic rings. The maximum atomic E-state index is 12.0. The molecule has 7 heteroatoms. The monoisotopic (exact) mass is 399 g/mol. The number of ether oxygens (including phenoxy) is 4. The predicted molar refractivity (Wildman–Crippen MR) is 109 cm³/mol. The first-order valence-electron chi connectivity index (χ1n) is 8.97. The average molecular weight is 399 g/mol. The van der Waals surface area contributed by atoms with E-state index in [-0.39, 0.29) is 18.6 Å². The molecule has 2 rings (SSSR count). The Labute approximate surface area is 170 Å². The summed E-state index contributed by atoms with van der Waals surface area (Å²) in [7, 11) is 4.55. The van der Waals surface area contributed by atoms with Gasteiger partial charge in [0.2, 0.25) is 0 Å². The van der Waals surface area contributed by atoms with Crippen molar-refractivity contribution in [3.63, 3.8) is 0 Å². The van der Waals surface area contributed by atoms with Gasteiger partial charge in [-0.3, -0.25) is 4.79 Å². The van der Waals surface area contributed by atoms with Crippen LogP contribution in [0, 0.1) is 0 Å². The summed E-state index contributed by atoms with van der Waals surface area (Å²) in [4.78, 5) is 24.0. The zero-order chi connectivity index (χ0) is 21.2. The van der Waals surface area contributed by atoms with E-state index in [1.807, 2.05) is 37.3 Å². The highest BCUT2D eigenvalue weighted by Crippen LogP contribution is 2.35. The molecular weight excluding hydrogens is 374 g/mol.